The molecule has 1 aliphatic carbocycles. The molecule has 1 saturated carbocycles. The maximum absolute atomic E-state index is 16.8. The minimum absolute atomic E-state index is 0.0311. The number of nitrogens with one attached hydrogen (secondary N) is 3. The summed E-state index contributed by atoms with van der Waals surface area (Å²) in [5.74, 6) is -0.826. The second kappa shape index (κ2) is 22.4. The van der Waals surface area contributed by atoms with Crippen LogP contribution in [0, 0.1) is 29.4 Å². The predicted octanol–water partition coefficient (Wildman–Crippen LogP) is 8.91. The van der Waals surface area contributed by atoms with Gasteiger partial charge in [-0.25, -0.2) is 13.6 Å². The van der Waals surface area contributed by atoms with Crippen LogP contribution in [0.5, 0.6) is 11.5 Å². The zero-order valence-electron chi connectivity index (χ0n) is 44.1. The predicted molar refractivity (Wildman–Crippen MR) is 287 cm³/mol. The normalized spacial score (nSPS) is 24.3. The van der Waals surface area contributed by atoms with Gasteiger partial charge in [0.2, 0.25) is 11.8 Å². The molecule has 0 spiro atoms. The van der Waals surface area contributed by atoms with Gasteiger partial charge in [0.05, 0.1) is 22.7 Å². The largest absolute Gasteiger partial charge is 0.488 e. The van der Waals surface area contributed by atoms with Gasteiger partial charge in [-0.05, 0) is 111 Å². The molecule has 0 radical (unpaired) electrons. The number of fused-ring (bicyclic) bond motifs is 2. The number of methoxy groups -OCH3 is 1. The molecule has 4 aliphatic heterocycles. The smallest absolute Gasteiger partial charge is 0.329 e. The van der Waals surface area contributed by atoms with Gasteiger partial charge in [-0.2, -0.15) is 5.10 Å². The van der Waals surface area contributed by atoms with Crippen LogP contribution in [0.3, 0.4) is 0 Å². The molecule has 3 saturated heterocycles. The van der Waals surface area contributed by atoms with E-state index in [1.165, 1.54) is 37.9 Å². The number of benzene rings is 4. The van der Waals surface area contributed by atoms with Gasteiger partial charge in [0.25, 0.3) is 5.91 Å². The first-order valence-corrected chi connectivity index (χ1v) is 27.3. The number of aryl methyl sites for hydroxylation is 1. The molecule has 15 nitrogen and oxygen atoms in total. The third-order valence-corrected chi connectivity index (χ3v) is 17.5. The minimum Gasteiger partial charge on any atom is -0.488 e. The molecular weight excluding hydrogens is 994 g/mol. The molecule has 5 heterocycles. The van der Waals surface area contributed by atoms with E-state index in [1.54, 1.807) is 4.90 Å². The third kappa shape index (κ3) is 10.3. The van der Waals surface area contributed by atoms with Crippen molar-refractivity contribution in [2.24, 2.45) is 24.8 Å². The first kappa shape index (κ1) is 53.3. The van der Waals surface area contributed by atoms with Crippen LogP contribution in [0.1, 0.15) is 104 Å². The van der Waals surface area contributed by atoms with Crippen molar-refractivity contribution in [3.63, 3.8) is 0 Å². The standard InChI is InChI=1S/C58H69ClF2N8O7/c1-34-31-68(25-21-39(34)32-67-23-19-36(20-24-67)38-13-16-42-45(29-38)66(4)65-54(42)69-26-22-48(70)64-57(69)73)56(72)37-11-14-41(15-12-37)63-33-58(40-9-7-6-8-10-40)35(2)49-47(76-58)30-44(60)52(59)51(49)50-43(55(71)62-3)17-18-46(53(50)61)75-28-27-74-5/h6-10,13,16-18,29-30,34-37,39,41,63H,11-12,14-15,19-28,31-33H2,1-5H3,(H,62,71)(H,64,70,73). The fourth-order valence-corrected chi connectivity index (χ4v) is 13.0. The van der Waals surface area contributed by atoms with Crippen LogP contribution in [0.2, 0.25) is 5.02 Å². The van der Waals surface area contributed by atoms with Gasteiger partial charge in [0, 0.05) is 106 Å². The molecule has 5 aliphatic rings. The summed E-state index contributed by atoms with van der Waals surface area (Å²) in [4.78, 5) is 58.1. The molecule has 10 rings (SSSR count). The fraction of sp³-hybridized carbons (Fsp3) is 0.500. The van der Waals surface area contributed by atoms with Gasteiger partial charge in [0.15, 0.2) is 23.0 Å². The number of hydrogen-bond donors (Lipinski definition) is 3. The molecule has 1 aromatic heterocycles. The number of likely N-dealkylation sites (tertiary alicyclic amines) is 2. The highest BCUT2D eigenvalue weighted by Crippen LogP contribution is 2.57. The number of urea groups is 1. The van der Waals surface area contributed by atoms with Crippen LogP contribution in [0.15, 0.2) is 66.7 Å². The number of anilines is 1. The lowest BCUT2D eigenvalue weighted by Crippen LogP contribution is -2.50. The van der Waals surface area contributed by atoms with Crippen molar-refractivity contribution in [3.8, 4) is 22.6 Å². The molecule has 4 unspecified atom stereocenters. The Morgan fingerprint density at radius 1 is 0.921 bits per heavy atom. The fourth-order valence-electron chi connectivity index (χ4n) is 12.7. The highest BCUT2D eigenvalue weighted by atomic mass is 35.5. The van der Waals surface area contributed by atoms with E-state index < -0.39 is 35.1 Å². The number of amides is 5. The van der Waals surface area contributed by atoms with Crippen LogP contribution in [0.25, 0.3) is 22.0 Å². The molecule has 3 N–H and O–H groups in total. The van der Waals surface area contributed by atoms with Crippen molar-refractivity contribution in [2.75, 3.05) is 78.1 Å². The highest BCUT2D eigenvalue weighted by molar-refractivity contribution is 6.34. The van der Waals surface area contributed by atoms with E-state index in [4.69, 9.17) is 25.8 Å². The van der Waals surface area contributed by atoms with Crippen molar-refractivity contribution >= 4 is 52.1 Å². The zero-order chi connectivity index (χ0) is 53.4. The van der Waals surface area contributed by atoms with Crippen molar-refractivity contribution in [1.29, 1.82) is 0 Å². The first-order chi connectivity index (χ1) is 36.7. The summed E-state index contributed by atoms with van der Waals surface area (Å²) in [7, 11) is 4.85. The molecule has 5 amide bonds. The van der Waals surface area contributed by atoms with E-state index in [-0.39, 0.29) is 76.6 Å². The lowest BCUT2D eigenvalue weighted by atomic mass is 9.77. The number of imide groups is 1. The van der Waals surface area contributed by atoms with Gasteiger partial charge >= 0.3 is 6.03 Å². The van der Waals surface area contributed by atoms with E-state index >= 15 is 8.78 Å². The average Bonchev–Trinajstić information content (AvgIpc) is 4.04. The Balaban J connectivity index is 0.747. The van der Waals surface area contributed by atoms with Gasteiger partial charge in [-0.3, -0.25) is 29.3 Å². The monoisotopic (exact) mass is 1060 g/mol. The maximum atomic E-state index is 16.8. The Bertz CT molecular complexity index is 3000. The molecule has 404 valence electrons. The summed E-state index contributed by atoms with van der Waals surface area (Å²) in [6.07, 6.45) is 6.46. The van der Waals surface area contributed by atoms with Crippen LogP contribution < -0.4 is 30.3 Å². The lowest BCUT2D eigenvalue weighted by molar-refractivity contribution is -0.139. The summed E-state index contributed by atoms with van der Waals surface area (Å²) in [5, 5.41) is 14.0. The number of ether oxygens (including phenoxy) is 3. The van der Waals surface area contributed by atoms with Crippen LogP contribution in [-0.2, 0) is 27.0 Å². The van der Waals surface area contributed by atoms with Crippen LogP contribution in [-0.4, -0.2) is 123 Å². The van der Waals surface area contributed by atoms with Crippen LogP contribution in [0.4, 0.5) is 19.4 Å². The van der Waals surface area contributed by atoms with Gasteiger partial charge in [0.1, 0.15) is 18.2 Å². The zero-order valence-corrected chi connectivity index (χ0v) is 44.8. The second-order valence-corrected chi connectivity index (χ2v) is 21.9. The number of halogens is 3. The van der Waals surface area contributed by atoms with E-state index in [0.717, 1.165) is 94.1 Å². The topological polar surface area (TPSA) is 160 Å². The van der Waals surface area contributed by atoms with E-state index in [1.807, 2.05) is 49.0 Å². The number of rotatable bonds is 15. The van der Waals surface area contributed by atoms with E-state index in [2.05, 4.69) is 56.0 Å². The van der Waals surface area contributed by atoms with Gasteiger partial charge in [-0.1, -0.05) is 61.8 Å². The summed E-state index contributed by atoms with van der Waals surface area (Å²) in [6.45, 7) is 9.75. The minimum atomic E-state index is -1.07. The Hall–Kier alpha value is -6.14. The Labute approximate surface area is 447 Å². The van der Waals surface area contributed by atoms with Crippen molar-refractivity contribution in [2.45, 2.75) is 88.7 Å². The number of piperidine rings is 2. The summed E-state index contributed by atoms with van der Waals surface area (Å²) in [5.41, 5.74) is 2.32. The quantitative estimate of drug-likeness (QED) is 0.0865. The maximum Gasteiger partial charge on any atom is 0.329 e. The Kier molecular flexibility index (Phi) is 15.7. The summed E-state index contributed by atoms with van der Waals surface area (Å²) < 4.78 is 52.4. The number of aromatic nitrogens is 2. The molecule has 5 aromatic rings. The number of hydrogen-bond acceptors (Lipinski definition) is 10. The third-order valence-electron chi connectivity index (χ3n) is 17.1. The van der Waals surface area contributed by atoms with Gasteiger partial charge in [-0.15, -0.1) is 0 Å². The SMILES string of the molecule is CNC(=O)c1ccc(OCCOC)c(F)c1-c1c(Cl)c(F)cc2c1C(C)C(CNC1CCC(C(=O)N3CCC(CN4CCC(c5ccc6c(N7CCC(=O)NC7=O)nn(C)c6c5)CC4)C(C)C3)CC1)(c1ccccc1)O2. The molecule has 4 fully saturated rings. The number of nitrogens with zero attached hydrogens (tertiary/aromatic N) is 5. The van der Waals surface area contributed by atoms with E-state index in [9.17, 15) is 19.2 Å². The van der Waals surface area contributed by atoms with E-state index in [0.29, 0.717) is 42.2 Å². The number of carbonyl (C=O) groups excluding carboxylic acids is 4. The Morgan fingerprint density at radius 3 is 2.39 bits per heavy atom. The molecular formula is C58H69ClF2N8O7. The molecule has 76 heavy (non-hydrogen) atoms. The van der Waals surface area contributed by atoms with Crippen LogP contribution >= 0.6 is 11.6 Å². The van der Waals surface area contributed by atoms with Crippen molar-refractivity contribution < 1.29 is 42.2 Å². The average molecular weight is 1060 g/mol. The molecule has 0 bridgehead atoms. The molecule has 4 atom stereocenters. The number of carbonyl (C=O) groups is 4. The molecule has 4 aromatic carbocycles. The second-order valence-electron chi connectivity index (χ2n) is 21.6. The first-order valence-electron chi connectivity index (χ1n) is 26.9. The lowest BCUT2D eigenvalue weighted by Gasteiger charge is -2.42. The summed E-state index contributed by atoms with van der Waals surface area (Å²) >= 11 is 6.84. The van der Waals surface area contributed by atoms with Crippen molar-refractivity contribution in [3.05, 3.63) is 106 Å². The van der Waals surface area contributed by atoms with Gasteiger partial charge < -0.3 is 34.6 Å². The van der Waals surface area contributed by atoms with Crippen molar-refractivity contribution in [1.82, 2.24) is 35.5 Å². The molecule has 18 heteroatoms. The highest BCUT2D eigenvalue weighted by Gasteiger charge is 2.50. The Morgan fingerprint density at radius 2 is 1.68 bits per heavy atom. The summed E-state index contributed by atoms with van der Waals surface area (Å²) in [6, 6.07) is 19.9.